The molecule has 6 atom stereocenters. The number of ether oxygens (including phenoxy) is 2. The molecule has 0 aromatic carbocycles. The Hall–Kier alpha value is -2.07. The van der Waals surface area contributed by atoms with E-state index in [4.69, 9.17) is 14.6 Å². The fraction of sp³-hybridized carbons (Fsp3) is 0.885. The summed E-state index contributed by atoms with van der Waals surface area (Å²) < 4.78 is 10.7. The van der Waals surface area contributed by atoms with Gasteiger partial charge in [-0.05, 0) is 88.3 Å². The third kappa shape index (κ3) is 5.59. The van der Waals surface area contributed by atoms with Gasteiger partial charge < -0.3 is 14.8 Å². The first kappa shape index (κ1) is 25.6. The predicted molar refractivity (Wildman–Crippen MR) is 132 cm³/mol. The van der Waals surface area contributed by atoms with E-state index in [0.717, 1.165) is 64.0 Å². The monoisotopic (exact) mass is 502 g/mol. The highest BCUT2D eigenvalue weighted by atomic mass is 16.5. The van der Waals surface area contributed by atoms with E-state index in [1.165, 1.54) is 12.8 Å². The molecule has 0 amide bonds. The van der Waals surface area contributed by atoms with Crippen LogP contribution in [0.15, 0.2) is 0 Å². The number of rotatable bonds is 8. The van der Waals surface area contributed by atoms with Crippen LogP contribution in [0.5, 0.6) is 0 Å². The van der Waals surface area contributed by atoms with E-state index < -0.39 is 0 Å². The van der Waals surface area contributed by atoms with Crippen molar-refractivity contribution >= 4 is 11.9 Å². The number of carbonyl (C=O) groups excluding carboxylic acids is 2. The number of hydrogen-bond donors (Lipinski definition) is 1. The Morgan fingerprint density at radius 3 is 2.53 bits per heavy atom. The van der Waals surface area contributed by atoms with Crippen molar-refractivity contribution in [3.05, 3.63) is 5.82 Å². The first-order valence-electron chi connectivity index (χ1n) is 14.2. The number of piperidine rings is 1. The van der Waals surface area contributed by atoms with Gasteiger partial charge in [-0.25, -0.2) is 0 Å². The van der Waals surface area contributed by atoms with Crippen molar-refractivity contribution in [2.24, 2.45) is 17.8 Å². The molecule has 0 radical (unpaired) electrons. The van der Waals surface area contributed by atoms with Crippen LogP contribution in [0.4, 0.5) is 0 Å². The summed E-state index contributed by atoms with van der Waals surface area (Å²) in [5.74, 6) is 2.65. The van der Waals surface area contributed by atoms with Crippen LogP contribution in [0, 0.1) is 17.8 Å². The maximum atomic E-state index is 12.9. The van der Waals surface area contributed by atoms with Crippen LogP contribution in [0.2, 0.25) is 0 Å². The van der Waals surface area contributed by atoms with Crippen molar-refractivity contribution in [1.82, 2.24) is 30.4 Å². The molecule has 2 aliphatic carbocycles. The summed E-state index contributed by atoms with van der Waals surface area (Å²) in [6.07, 6.45) is 9.67. The Labute approximate surface area is 213 Å². The standard InChI is InChI=1S/C26H42N6O4/c1-3-35-25(33)22-12-20-11-17(9-10-19(20)14-27-22)15-31-16-21(13-23(31)26(34)36-4-2)32-29-24(28-30-32)18-7-5-6-8-18/h17-23,27H,3-16H2,1-2H3/t17-,19-,20+,21-,22-,23-/m0/s1. The number of fused-ring (bicyclic) bond motifs is 1. The van der Waals surface area contributed by atoms with Gasteiger partial charge >= 0.3 is 11.9 Å². The lowest BCUT2D eigenvalue weighted by Gasteiger charge is -2.43. The molecule has 200 valence electrons. The van der Waals surface area contributed by atoms with Crippen molar-refractivity contribution in [1.29, 1.82) is 0 Å². The van der Waals surface area contributed by atoms with Crippen LogP contribution >= 0.6 is 0 Å². The minimum absolute atomic E-state index is 0.0328. The summed E-state index contributed by atoms with van der Waals surface area (Å²) >= 11 is 0. The number of nitrogens with one attached hydrogen (secondary N) is 1. The first-order valence-corrected chi connectivity index (χ1v) is 14.2. The normalized spacial score (nSPS) is 33.4. The van der Waals surface area contributed by atoms with Gasteiger partial charge in [0, 0.05) is 19.0 Å². The molecule has 2 saturated heterocycles. The average Bonchev–Trinajstić information content (AvgIpc) is 3.64. The Balaban J connectivity index is 1.23. The maximum Gasteiger partial charge on any atom is 0.323 e. The number of aromatic nitrogens is 4. The summed E-state index contributed by atoms with van der Waals surface area (Å²) in [7, 11) is 0. The topological polar surface area (TPSA) is 111 Å². The fourth-order valence-corrected chi connectivity index (χ4v) is 7.05. The largest absolute Gasteiger partial charge is 0.465 e. The molecule has 36 heavy (non-hydrogen) atoms. The molecule has 0 spiro atoms. The van der Waals surface area contributed by atoms with E-state index >= 15 is 0 Å². The van der Waals surface area contributed by atoms with Crippen molar-refractivity contribution in [3.8, 4) is 0 Å². The molecule has 2 saturated carbocycles. The molecule has 4 fully saturated rings. The lowest BCUT2D eigenvalue weighted by Crippen LogP contribution is -2.51. The Bertz CT molecular complexity index is 903. The van der Waals surface area contributed by atoms with Crippen molar-refractivity contribution in [2.75, 3.05) is 32.8 Å². The predicted octanol–water partition coefficient (Wildman–Crippen LogP) is 2.47. The smallest absolute Gasteiger partial charge is 0.323 e. The van der Waals surface area contributed by atoms with Crippen molar-refractivity contribution < 1.29 is 19.1 Å². The highest BCUT2D eigenvalue weighted by Gasteiger charge is 2.43. The fourth-order valence-electron chi connectivity index (χ4n) is 7.05. The number of carbonyl (C=O) groups is 2. The molecular weight excluding hydrogens is 460 g/mol. The van der Waals surface area contributed by atoms with Crippen LogP contribution in [0.1, 0.15) is 89.4 Å². The first-order chi connectivity index (χ1) is 17.6. The minimum Gasteiger partial charge on any atom is -0.465 e. The van der Waals surface area contributed by atoms with Gasteiger partial charge in [0.05, 0.1) is 19.3 Å². The molecule has 4 aliphatic rings. The Kier molecular flexibility index (Phi) is 8.20. The molecule has 1 aromatic rings. The third-order valence-electron chi connectivity index (χ3n) is 8.91. The van der Waals surface area contributed by atoms with Crippen LogP contribution in [-0.4, -0.2) is 82.0 Å². The zero-order valence-corrected chi connectivity index (χ0v) is 21.8. The van der Waals surface area contributed by atoms with Crippen molar-refractivity contribution in [2.45, 2.75) is 95.7 Å². The molecule has 10 nitrogen and oxygen atoms in total. The van der Waals surface area contributed by atoms with Crippen LogP contribution < -0.4 is 5.32 Å². The zero-order chi connectivity index (χ0) is 25.1. The lowest BCUT2D eigenvalue weighted by atomic mass is 9.69. The summed E-state index contributed by atoms with van der Waals surface area (Å²) in [4.78, 5) is 29.3. The molecule has 0 unspecified atom stereocenters. The summed E-state index contributed by atoms with van der Waals surface area (Å²) in [6, 6.07) is -0.430. The number of nitrogens with zero attached hydrogens (tertiary/aromatic N) is 5. The highest BCUT2D eigenvalue weighted by molar-refractivity contribution is 5.76. The Morgan fingerprint density at radius 1 is 0.972 bits per heavy atom. The number of tetrazole rings is 1. The van der Waals surface area contributed by atoms with Gasteiger partial charge in [-0.3, -0.25) is 14.5 Å². The lowest BCUT2D eigenvalue weighted by molar-refractivity contribution is -0.149. The van der Waals surface area contributed by atoms with E-state index in [-0.39, 0.29) is 30.1 Å². The molecule has 3 heterocycles. The molecule has 1 aromatic heterocycles. The van der Waals surface area contributed by atoms with E-state index in [9.17, 15) is 9.59 Å². The minimum atomic E-state index is -0.270. The highest BCUT2D eigenvalue weighted by Crippen LogP contribution is 2.40. The second-order valence-electron chi connectivity index (χ2n) is 11.2. The maximum absolute atomic E-state index is 12.9. The summed E-state index contributed by atoms with van der Waals surface area (Å²) in [6.45, 7) is 7.01. The van der Waals surface area contributed by atoms with Gasteiger partial charge in [-0.2, -0.15) is 4.80 Å². The van der Waals surface area contributed by atoms with Gasteiger partial charge in [0.25, 0.3) is 0 Å². The Morgan fingerprint density at radius 2 is 1.75 bits per heavy atom. The summed E-state index contributed by atoms with van der Waals surface area (Å²) in [5.41, 5.74) is 0. The van der Waals surface area contributed by atoms with Crippen LogP contribution in [0.25, 0.3) is 0 Å². The van der Waals surface area contributed by atoms with Crippen LogP contribution in [-0.2, 0) is 19.1 Å². The number of esters is 2. The second kappa shape index (κ2) is 11.5. The van der Waals surface area contributed by atoms with E-state index in [0.29, 0.717) is 43.3 Å². The van der Waals surface area contributed by atoms with Crippen molar-refractivity contribution in [3.63, 3.8) is 0 Å². The second-order valence-corrected chi connectivity index (χ2v) is 11.2. The van der Waals surface area contributed by atoms with Gasteiger partial charge in [0.1, 0.15) is 12.1 Å². The number of hydrogen-bond acceptors (Lipinski definition) is 9. The molecule has 0 bridgehead atoms. The molecule has 10 heteroatoms. The third-order valence-corrected chi connectivity index (χ3v) is 8.91. The quantitative estimate of drug-likeness (QED) is 0.536. The van der Waals surface area contributed by atoms with Gasteiger partial charge in [-0.15, -0.1) is 10.2 Å². The zero-order valence-electron chi connectivity index (χ0n) is 21.8. The van der Waals surface area contributed by atoms with Crippen LogP contribution in [0.3, 0.4) is 0 Å². The van der Waals surface area contributed by atoms with Gasteiger partial charge in [-0.1, -0.05) is 12.8 Å². The van der Waals surface area contributed by atoms with Gasteiger partial charge in [0.2, 0.25) is 0 Å². The van der Waals surface area contributed by atoms with E-state index in [1.807, 2.05) is 13.8 Å². The molecule has 1 N–H and O–H groups in total. The van der Waals surface area contributed by atoms with E-state index in [2.05, 4.69) is 20.5 Å². The SMILES string of the molecule is CCOC(=O)[C@@H]1C[C@H]2C[C@@H](CN3C[C@@H](n4nnc(C5CCCC5)n4)C[C@H]3C(=O)OCC)CC[C@H]2CN1. The van der Waals surface area contributed by atoms with E-state index in [1.54, 1.807) is 4.80 Å². The molecule has 5 rings (SSSR count). The number of likely N-dealkylation sites (tertiary alicyclic amines) is 1. The van der Waals surface area contributed by atoms with Gasteiger partial charge in [0.15, 0.2) is 5.82 Å². The molecule has 2 aliphatic heterocycles. The average molecular weight is 503 g/mol. The summed E-state index contributed by atoms with van der Waals surface area (Å²) in [5, 5.41) is 16.9. The molecular formula is C26H42N6O4.